The molecule has 0 fully saturated rings. The number of amides is 3. The average molecular weight is 613 g/mol. The molecule has 0 bridgehead atoms. The van der Waals surface area contributed by atoms with E-state index in [-0.39, 0.29) is 25.3 Å². The van der Waals surface area contributed by atoms with Crippen molar-refractivity contribution >= 4 is 29.3 Å². The molecular formula is C35H37ClN4O4. The molecular weight excluding hydrogens is 576 g/mol. The SMILES string of the molecule is CCOc1ccc(C[C@@H](NC(=O)c2ccccc2)C(=O)N[C@@H](Cc2ccccc2)C(=O)NCc2ccc(CN)c(Cl)c2)cc1. The number of rotatable bonds is 14. The number of benzene rings is 4. The van der Waals surface area contributed by atoms with E-state index in [1.807, 2.05) is 79.7 Å². The topological polar surface area (TPSA) is 123 Å². The van der Waals surface area contributed by atoms with Crippen LogP contribution in [-0.2, 0) is 35.5 Å². The zero-order valence-corrected chi connectivity index (χ0v) is 25.3. The van der Waals surface area contributed by atoms with Crippen LogP contribution in [0.2, 0.25) is 5.02 Å². The molecule has 0 saturated heterocycles. The number of nitrogens with two attached hydrogens (primary N) is 1. The van der Waals surface area contributed by atoms with E-state index in [0.717, 1.165) is 22.3 Å². The van der Waals surface area contributed by atoms with Crippen molar-refractivity contribution < 1.29 is 19.1 Å². The smallest absolute Gasteiger partial charge is 0.251 e. The number of hydrogen-bond acceptors (Lipinski definition) is 5. The van der Waals surface area contributed by atoms with Crippen LogP contribution in [0.4, 0.5) is 0 Å². The van der Waals surface area contributed by atoms with Crippen LogP contribution in [-0.4, -0.2) is 36.4 Å². The predicted octanol–water partition coefficient (Wildman–Crippen LogP) is 4.58. The second-order valence-electron chi connectivity index (χ2n) is 10.3. The van der Waals surface area contributed by atoms with Crippen molar-refractivity contribution in [3.05, 3.63) is 136 Å². The molecule has 4 rings (SSSR count). The van der Waals surface area contributed by atoms with Crippen LogP contribution in [0, 0.1) is 0 Å². The van der Waals surface area contributed by atoms with Crippen molar-refractivity contribution in [3.8, 4) is 5.75 Å². The minimum Gasteiger partial charge on any atom is -0.494 e. The van der Waals surface area contributed by atoms with Gasteiger partial charge in [0.05, 0.1) is 6.61 Å². The van der Waals surface area contributed by atoms with Crippen LogP contribution < -0.4 is 26.4 Å². The lowest BCUT2D eigenvalue weighted by molar-refractivity contribution is -0.130. The van der Waals surface area contributed by atoms with E-state index in [2.05, 4.69) is 16.0 Å². The van der Waals surface area contributed by atoms with Gasteiger partial charge in [0.2, 0.25) is 11.8 Å². The van der Waals surface area contributed by atoms with Crippen molar-refractivity contribution in [2.75, 3.05) is 6.61 Å². The van der Waals surface area contributed by atoms with Gasteiger partial charge in [-0.25, -0.2) is 0 Å². The Balaban J connectivity index is 1.54. The maximum absolute atomic E-state index is 13.8. The molecule has 0 aromatic heterocycles. The molecule has 0 aliphatic heterocycles. The third-order valence-electron chi connectivity index (χ3n) is 7.05. The van der Waals surface area contributed by atoms with Crippen LogP contribution in [0.5, 0.6) is 5.75 Å². The molecule has 0 heterocycles. The number of halogens is 1. The Labute approximate surface area is 263 Å². The quantitative estimate of drug-likeness (QED) is 0.166. The van der Waals surface area contributed by atoms with Crippen LogP contribution in [0.15, 0.2) is 103 Å². The Kier molecular flexibility index (Phi) is 11.9. The first-order valence-electron chi connectivity index (χ1n) is 14.5. The summed E-state index contributed by atoms with van der Waals surface area (Å²) in [6.07, 6.45) is 0.468. The summed E-state index contributed by atoms with van der Waals surface area (Å²) >= 11 is 6.30. The number of nitrogens with one attached hydrogen (secondary N) is 3. The maximum atomic E-state index is 13.8. The molecule has 228 valence electrons. The normalized spacial score (nSPS) is 12.1. The summed E-state index contributed by atoms with van der Waals surface area (Å²) in [5, 5.41) is 9.22. The van der Waals surface area contributed by atoms with Crippen molar-refractivity contribution in [1.82, 2.24) is 16.0 Å². The molecule has 0 spiro atoms. The van der Waals surface area contributed by atoms with E-state index in [9.17, 15) is 14.4 Å². The van der Waals surface area contributed by atoms with Crippen molar-refractivity contribution in [2.45, 2.75) is 44.9 Å². The first-order chi connectivity index (χ1) is 21.4. The highest BCUT2D eigenvalue weighted by Crippen LogP contribution is 2.18. The third kappa shape index (κ3) is 9.42. The molecule has 3 amide bonds. The van der Waals surface area contributed by atoms with Gasteiger partial charge >= 0.3 is 0 Å². The van der Waals surface area contributed by atoms with E-state index in [4.69, 9.17) is 22.1 Å². The Hall–Kier alpha value is -4.66. The predicted molar refractivity (Wildman–Crippen MR) is 172 cm³/mol. The fourth-order valence-corrected chi connectivity index (χ4v) is 4.95. The Morgan fingerprint density at radius 2 is 1.34 bits per heavy atom. The van der Waals surface area contributed by atoms with Crippen LogP contribution >= 0.6 is 11.6 Å². The molecule has 0 aliphatic rings. The third-order valence-corrected chi connectivity index (χ3v) is 7.40. The average Bonchev–Trinajstić information content (AvgIpc) is 3.05. The first kappa shape index (κ1) is 32.3. The molecule has 2 atom stereocenters. The largest absolute Gasteiger partial charge is 0.494 e. The zero-order valence-electron chi connectivity index (χ0n) is 24.6. The molecule has 0 unspecified atom stereocenters. The summed E-state index contributed by atoms with van der Waals surface area (Å²) in [5.41, 5.74) is 9.45. The van der Waals surface area contributed by atoms with Crippen molar-refractivity contribution in [1.29, 1.82) is 0 Å². The highest BCUT2D eigenvalue weighted by Gasteiger charge is 2.28. The van der Waals surface area contributed by atoms with Gasteiger partial charge in [-0.1, -0.05) is 84.4 Å². The lowest BCUT2D eigenvalue weighted by atomic mass is 10.0. The summed E-state index contributed by atoms with van der Waals surface area (Å²) in [4.78, 5) is 40.4. The van der Waals surface area contributed by atoms with E-state index in [1.165, 1.54) is 0 Å². The minimum absolute atomic E-state index is 0.211. The minimum atomic E-state index is -0.950. The van der Waals surface area contributed by atoms with Gasteiger partial charge < -0.3 is 26.4 Å². The fourth-order valence-electron chi connectivity index (χ4n) is 4.67. The van der Waals surface area contributed by atoms with E-state index >= 15 is 0 Å². The van der Waals surface area contributed by atoms with Crippen molar-refractivity contribution in [2.24, 2.45) is 5.73 Å². The van der Waals surface area contributed by atoms with Gasteiger partial charge in [0.1, 0.15) is 17.8 Å². The Morgan fingerprint density at radius 3 is 1.95 bits per heavy atom. The molecule has 9 heteroatoms. The zero-order chi connectivity index (χ0) is 31.3. The highest BCUT2D eigenvalue weighted by atomic mass is 35.5. The molecule has 0 radical (unpaired) electrons. The molecule has 0 saturated carbocycles. The summed E-state index contributed by atoms with van der Waals surface area (Å²) in [7, 11) is 0. The van der Waals surface area contributed by atoms with E-state index in [1.54, 1.807) is 30.3 Å². The van der Waals surface area contributed by atoms with E-state index in [0.29, 0.717) is 29.5 Å². The molecule has 44 heavy (non-hydrogen) atoms. The van der Waals surface area contributed by atoms with Crippen LogP contribution in [0.1, 0.15) is 39.5 Å². The monoisotopic (exact) mass is 612 g/mol. The molecule has 5 N–H and O–H groups in total. The Morgan fingerprint density at radius 1 is 0.750 bits per heavy atom. The number of ether oxygens (including phenoxy) is 1. The van der Waals surface area contributed by atoms with Gasteiger partial charge in [-0.15, -0.1) is 0 Å². The standard InChI is InChI=1S/C35H37ClN4O4/c1-2-44-29-17-14-25(15-18-29)21-32(39-33(41)27-11-7-4-8-12-27)35(43)40-31(20-24-9-5-3-6-10-24)34(42)38-23-26-13-16-28(22-37)30(36)19-26/h3-19,31-32H,2,20-23,37H2,1H3,(H,38,42)(H,39,41)(H,40,43)/t31-,32+/m0/s1. The number of carbonyl (C=O) groups is 3. The summed E-state index contributed by atoms with van der Waals surface area (Å²) in [6, 6.07) is 29.1. The van der Waals surface area contributed by atoms with Gasteiger partial charge in [0.25, 0.3) is 5.91 Å². The second kappa shape index (κ2) is 16.3. The first-order valence-corrected chi connectivity index (χ1v) is 14.9. The maximum Gasteiger partial charge on any atom is 0.251 e. The van der Waals surface area contributed by atoms with Crippen LogP contribution in [0.3, 0.4) is 0 Å². The molecule has 4 aromatic rings. The van der Waals surface area contributed by atoms with Gasteiger partial charge in [-0.3, -0.25) is 14.4 Å². The summed E-state index contributed by atoms with van der Waals surface area (Å²) in [6.45, 7) is 2.97. The van der Waals surface area contributed by atoms with Crippen LogP contribution in [0.25, 0.3) is 0 Å². The lowest BCUT2D eigenvalue weighted by Crippen LogP contribution is -2.55. The Bertz CT molecular complexity index is 1530. The van der Waals surface area contributed by atoms with E-state index < -0.39 is 23.9 Å². The lowest BCUT2D eigenvalue weighted by Gasteiger charge is -2.24. The highest BCUT2D eigenvalue weighted by molar-refractivity contribution is 6.31. The number of carbonyl (C=O) groups excluding carboxylic acids is 3. The van der Waals surface area contributed by atoms with Gasteiger partial charge in [0, 0.05) is 36.5 Å². The molecule has 8 nitrogen and oxygen atoms in total. The molecule has 0 aliphatic carbocycles. The van der Waals surface area contributed by atoms with Gasteiger partial charge in [-0.2, -0.15) is 0 Å². The number of hydrogen-bond donors (Lipinski definition) is 4. The fraction of sp³-hybridized carbons (Fsp3) is 0.229. The molecule has 4 aromatic carbocycles. The summed E-state index contributed by atoms with van der Waals surface area (Å²) < 4.78 is 5.54. The second-order valence-corrected chi connectivity index (χ2v) is 10.7. The van der Waals surface area contributed by atoms with Gasteiger partial charge in [0.15, 0.2) is 0 Å². The summed E-state index contributed by atoms with van der Waals surface area (Å²) in [5.74, 6) is -0.521. The van der Waals surface area contributed by atoms with Crippen molar-refractivity contribution in [3.63, 3.8) is 0 Å². The van der Waals surface area contributed by atoms with Gasteiger partial charge in [-0.05, 0) is 59.5 Å².